The SMILES string of the molecule is CN(C)C(=O)C1CN(C(=O)c2ccc3c(c2)S(=O)(=O)N=C2CCCCCN23)c2ccccc2O1. The minimum absolute atomic E-state index is 0.0190. The Labute approximate surface area is 198 Å². The van der Waals surface area contributed by atoms with Crippen LogP contribution in [0.2, 0.25) is 0 Å². The summed E-state index contributed by atoms with van der Waals surface area (Å²) in [6.07, 6.45) is 2.63. The molecule has 1 saturated heterocycles. The van der Waals surface area contributed by atoms with Crippen LogP contribution >= 0.6 is 0 Å². The van der Waals surface area contributed by atoms with Crippen LogP contribution in [0, 0.1) is 0 Å². The van der Waals surface area contributed by atoms with Crippen LogP contribution in [0.4, 0.5) is 11.4 Å². The van der Waals surface area contributed by atoms with Crippen molar-refractivity contribution in [1.29, 1.82) is 0 Å². The van der Waals surface area contributed by atoms with E-state index >= 15 is 0 Å². The van der Waals surface area contributed by atoms with Gasteiger partial charge in [0.05, 0.1) is 17.9 Å². The van der Waals surface area contributed by atoms with E-state index in [9.17, 15) is 18.0 Å². The van der Waals surface area contributed by atoms with Gasteiger partial charge in [-0.3, -0.25) is 9.59 Å². The third kappa shape index (κ3) is 3.81. The maximum absolute atomic E-state index is 13.6. The fourth-order valence-corrected chi connectivity index (χ4v) is 5.90. The summed E-state index contributed by atoms with van der Waals surface area (Å²) in [5.41, 5.74) is 1.30. The lowest BCUT2D eigenvalue weighted by atomic mass is 10.1. The van der Waals surface area contributed by atoms with E-state index in [1.165, 1.54) is 15.9 Å². The molecule has 34 heavy (non-hydrogen) atoms. The standard InChI is InChI=1S/C24H26N4O5S/c1-26(2)24(30)20-15-28(17-8-5-6-9-19(17)33-20)23(29)16-11-12-18-21(14-16)34(31,32)25-22-10-4-3-7-13-27(18)22/h5-6,8-9,11-12,14,20H,3-4,7,10,13,15H2,1-2H3. The van der Waals surface area contributed by atoms with Gasteiger partial charge in [-0.1, -0.05) is 18.6 Å². The van der Waals surface area contributed by atoms with Crippen molar-refractivity contribution in [1.82, 2.24) is 4.90 Å². The molecule has 178 valence electrons. The molecule has 3 heterocycles. The third-order valence-corrected chi connectivity index (χ3v) is 7.66. The Balaban J connectivity index is 1.53. The molecule has 1 unspecified atom stereocenters. The molecule has 0 N–H and O–H groups in total. The smallest absolute Gasteiger partial charge is 0.286 e. The Bertz CT molecular complexity index is 1300. The van der Waals surface area contributed by atoms with Gasteiger partial charge in [0, 0.05) is 32.6 Å². The third-order valence-electron chi connectivity index (χ3n) is 6.33. The molecule has 2 amide bonds. The van der Waals surface area contributed by atoms with Gasteiger partial charge in [-0.05, 0) is 43.2 Å². The molecule has 0 radical (unpaired) electrons. The molecular formula is C24H26N4O5S. The van der Waals surface area contributed by atoms with Crippen molar-refractivity contribution in [3.63, 3.8) is 0 Å². The van der Waals surface area contributed by atoms with Gasteiger partial charge in [0.15, 0.2) is 6.10 Å². The summed E-state index contributed by atoms with van der Waals surface area (Å²) in [6, 6.07) is 11.7. The van der Waals surface area contributed by atoms with Gasteiger partial charge in [-0.25, -0.2) is 0 Å². The molecule has 3 aliphatic rings. The number of ether oxygens (including phenoxy) is 1. The van der Waals surface area contributed by atoms with Crippen molar-refractivity contribution in [3.05, 3.63) is 48.0 Å². The number of para-hydroxylation sites is 2. The van der Waals surface area contributed by atoms with E-state index in [-0.39, 0.29) is 22.9 Å². The number of sulfonamides is 1. The first kappa shape index (κ1) is 22.4. The Morgan fingerprint density at radius 1 is 1.06 bits per heavy atom. The fraction of sp³-hybridized carbons (Fsp3) is 0.375. The Morgan fingerprint density at radius 3 is 2.65 bits per heavy atom. The predicted octanol–water partition coefficient (Wildman–Crippen LogP) is 2.66. The fourth-order valence-electron chi connectivity index (χ4n) is 4.61. The number of likely N-dealkylation sites (N-methyl/N-ethyl adjacent to an activating group) is 1. The summed E-state index contributed by atoms with van der Waals surface area (Å²) in [6.45, 7) is 0.713. The highest BCUT2D eigenvalue weighted by Gasteiger charge is 2.37. The maximum Gasteiger partial charge on any atom is 0.286 e. The van der Waals surface area contributed by atoms with E-state index in [4.69, 9.17) is 4.74 Å². The molecule has 3 aliphatic heterocycles. The topological polar surface area (TPSA) is 99.6 Å². The number of nitrogens with zero attached hydrogens (tertiary/aromatic N) is 4. The molecular weight excluding hydrogens is 456 g/mol. The number of anilines is 2. The van der Waals surface area contributed by atoms with Crippen molar-refractivity contribution < 1.29 is 22.7 Å². The average molecular weight is 483 g/mol. The highest BCUT2D eigenvalue weighted by molar-refractivity contribution is 7.90. The van der Waals surface area contributed by atoms with Crippen LogP contribution in [0.5, 0.6) is 5.75 Å². The maximum atomic E-state index is 13.6. The second-order valence-electron chi connectivity index (χ2n) is 8.85. The van der Waals surface area contributed by atoms with Gasteiger partial charge in [0.2, 0.25) is 0 Å². The van der Waals surface area contributed by atoms with E-state index in [0.29, 0.717) is 35.9 Å². The summed E-state index contributed by atoms with van der Waals surface area (Å²) in [4.78, 5) is 31.1. The van der Waals surface area contributed by atoms with Crippen molar-refractivity contribution >= 4 is 39.0 Å². The summed E-state index contributed by atoms with van der Waals surface area (Å²) < 4.78 is 35.9. The zero-order valence-corrected chi connectivity index (χ0v) is 19.9. The van der Waals surface area contributed by atoms with Crippen LogP contribution in [0.25, 0.3) is 0 Å². The highest BCUT2D eigenvalue weighted by atomic mass is 32.2. The number of amides is 2. The first-order valence-corrected chi connectivity index (χ1v) is 12.7. The molecule has 1 atom stereocenters. The molecule has 9 nitrogen and oxygen atoms in total. The second-order valence-corrected chi connectivity index (χ2v) is 10.4. The van der Waals surface area contributed by atoms with E-state index in [2.05, 4.69) is 4.40 Å². The Kier molecular flexibility index (Phi) is 5.55. The quantitative estimate of drug-likeness (QED) is 0.653. The first-order valence-electron chi connectivity index (χ1n) is 11.3. The molecule has 0 bridgehead atoms. The van der Waals surface area contributed by atoms with Crippen molar-refractivity contribution in [3.8, 4) is 5.75 Å². The minimum atomic E-state index is -3.92. The van der Waals surface area contributed by atoms with E-state index in [0.717, 1.165) is 19.3 Å². The Hall–Kier alpha value is -3.40. The van der Waals surface area contributed by atoms with Crippen LogP contribution in [0.3, 0.4) is 0 Å². The minimum Gasteiger partial charge on any atom is -0.476 e. The summed E-state index contributed by atoms with van der Waals surface area (Å²) in [7, 11) is -0.663. The number of fused-ring (bicyclic) bond motifs is 4. The monoisotopic (exact) mass is 482 g/mol. The van der Waals surface area contributed by atoms with E-state index < -0.39 is 22.0 Å². The molecule has 0 spiro atoms. The molecule has 0 saturated carbocycles. The van der Waals surface area contributed by atoms with E-state index in [1.54, 1.807) is 50.5 Å². The van der Waals surface area contributed by atoms with Crippen LogP contribution in [0.15, 0.2) is 51.8 Å². The lowest BCUT2D eigenvalue weighted by Crippen LogP contribution is -2.50. The number of hydrogen-bond donors (Lipinski definition) is 0. The van der Waals surface area contributed by atoms with E-state index in [1.807, 2.05) is 4.90 Å². The first-order chi connectivity index (χ1) is 16.3. The highest BCUT2D eigenvalue weighted by Crippen LogP contribution is 2.37. The van der Waals surface area contributed by atoms with Crippen molar-refractivity contribution in [2.75, 3.05) is 37.0 Å². The normalized spacial score (nSPS) is 20.6. The second kappa shape index (κ2) is 8.43. The molecule has 10 heteroatoms. The zero-order valence-electron chi connectivity index (χ0n) is 19.1. The van der Waals surface area contributed by atoms with Gasteiger partial charge >= 0.3 is 0 Å². The molecule has 0 aromatic heterocycles. The lowest BCUT2D eigenvalue weighted by molar-refractivity contribution is -0.135. The van der Waals surface area contributed by atoms with Crippen LogP contribution < -0.4 is 14.5 Å². The summed E-state index contributed by atoms with van der Waals surface area (Å²) >= 11 is 0. The number of benzene rings is 2. The average Bonchev–Trinajstić information content (AvgIpc) is 3.07. The van der Waals surface area contributed by atoms with Crippen LogP contribution in [0.1, 0.15) is 36.0 Å². The molecule has 5 rings (SSSR count). The molecule has 0 aliphatic carbocycles. The van der Waals surface area contributed by atoms with Gasteiger partial charge < -0.3 is 19.4 Å². The summed E-state index contributed by atoms with van der Waals surface area (Å²) in [5, 5.41) is 0. The van der Waals surface area contributed by atoms with Crippen molar-refractivity contribution in [2.45, 2.75) is 36.7 Å². The van der Waals surface area contributed by atoms with Gasteiger partial charge in [0.1, 0.15) is 16.5 Å². The zero-order chi connectivity index (χ0) is 24.0. The largest absolute Gasteiger partial charge is 0.476 e. The number of carbonyl (C=O) groups excluding carboxylic acids is 2. The Morgan fingerprint density at radius 2 is 1.85 bits per heavy atom. The predicted molar refractivity (Wildman–Crippen MR) is 128 cm³/mol. The number of rotatable bonds is 2. The van der Waals surface area contributed by atoms with Gasteiger partial charge in [-0.2, -0.15) is 8.42 Å². The van der Waals surface area contributed by atoms with Crippen LogP contribution in [-0.2, 0) is 14.8 Å². The number of amidine groups is 1. The molecule has 2 aromatic rings. The van der Waals surface area contributed by atoms with Gasteiger partial charge in [-0.15, -0.1) is 4.40 Å². The van der Waals surface area contributed by atoms with Crippen molar-refractivity contribution in [2.24, 2.45) is 4.40 Å². The number of carbonyl (C=O) groups is 2. The van der Waals surface area contributed by atoms with Crippen LogP contribution in [-0.4, -0.2) is 64.3 Å². The summed E-state index contributed by atoms with van der Waals surface area (Å²) in [5.74, 6) is 0.321. The lowest BCUT2D eigenvalue weighted by Gasteiger charge is -2.35. The molecule has 1 fully saturated rings. The number of hydrogen-bond acceptors (Lipinski definition) is 6. The molecule has 2 aromatic carbocycles. The van der Waals surface area contributed by atoms with Gasteiger partial charge in [0.25, 0.3) is 21.8 Å².